The standard InChI is InChI=1S/C8H3F2IN2O2/c9-7(10)4-2-13-6(8(14)15)3(1-12)5(4)11/h2,7H,(H,14,15). The summed E-state index contributed by atoms with van der Waals surface area (Å²) >= 11 is 1.51. The van der Waals surface area contributed by atoms with E-state index in [2.05, 4.69) is 4.98 Å². The van der Waals surface area contributed by atoms with E-state index in [-0.39, 0.29) is 9.13 Å². The minimum Gasteiger partial charge on any atom is -0.476 e. The van der Waals surface area contributed by atoms with Crippen LogP contribution in [-0.4, -0.2) is 16.1 Å². The molecule has 78 valence electrons. The van der Waals surface area contributed by atoms with Crippen LogP contribution in [0, 0.1) is 14.9 Å². The molecular formula is C8H3F2IN2O2. The molecule has 0 saturated carbocycles. The fourth-order valence-corrected chi connectivity index (χ4v) is 1.67. The number of hydrogen-bond donors (Lipinski definition) is 1. The van der Waals surface area contributed by atoms with E-state index in [1.165, 1.54) is 22.6 Å². The lowest BCUT2D eigenvalue weighted by Crippen LogP contribution is -2.08. The second-order valence-corrected chi connectivity index (χ2v) is 3.55. The second-order valence-electron chi connectivity index (χ2n) is 2.47. The van der Waals surface area contributed by atoms with Crippen LogP contribution in [-0.2, 0) is 0 Å². The van der Waals surface area contributed by atoms with Crippen LogP contribution >= 0.6 is 22.6 Å². The van der Waals surface area contributed by atoms with Gasteiger partial charge in [0.25, 0.3) is 6.43 Å². The zero-order valence-corrected chi connectivity index (χ0v) is 9.20. The fraction of sp³-hybridized carbons (Fsp3) is 0.125. The van der Waals surface area contributed by atoms with E-state index in [1.807, 2.05) is 0 Å². The molecule has 1 aromatic heterocycles. The van der Waals surface area contributed by atoms with Crippen molar-refractivity contribution < 1.29 is 18.7 Å². The molecule has 0 aromatic carbocycles. The molecule has 1 heterocycles. The van der Waals surface area contributed by atoms with Gasteiger partial charge < -0.3 is 5.11 Å². The number of aromatic carboxylic acids is 1. The molecule has 0 amide bonds. The van der Waals surface area contributed by atoms with E-state index in [0.29, 0.717) is 0 Å². The van der Waals surface area contributed by atoms with Crippen LogP contribution in [0.4, 0.5) is 8.78 Å². The van der Waals surface area contributed by atoms with Gasteiger partial charge in [-0.1, -0.05) is 0 Å². The smallest absolute Gasteiger partial charge is 0.355 e. The molecule has 0 atom stereocenters. The first-order chi connectivity index (χ1) is 6.99. The summed E-state index contributed by atoms with van der Waals surface area (Å²) in [7, 11) is 0. The van der Waals surface area contributed by atoms with Crippen LogP contribution in [0.1, 0.15) is 28.0 Å². The molecule has 1 rings (SSSR count). The maximum Gasteiger partial charge on any atom is 0.355 e. The number of pyridine rings is 1. The Kier molecular flexibility index (Phi) is 3.52. The molecule has 4 nitrogen and oxygen atoms in total. The van der Waals surface area contributed by atoms with Gasteiger partial charge in [-0.15, -0.1) is 0 Å². The van der Waals surface area contributed by atoms with Gasteiger partial charge in [0.05, 0.1) is 11.1 Å². The number of nitrogens with zero attached hydrogens (tertiary/aromatic N) is 2. The molecule has 7 heteroatoms. The van der Waals surface area contributed by atoms with Crippen molar-refractivity contribution in [2.24, 2.45) is 0 Å². The van der Waals surface area contributed by atoms with E-state index in [0.717, 1.165) is 6.20 Å². The first-order valence-corrected chi connectivity index (χ1v) is 4.66. The molecule has 0 radical (unpaired) electrons. The largest absolute Gasteiger partial charge is 0.476 e. The van der Waals surface area contributed by atoms with E-state index in [9.17, 15) is 13.6 Å². The molecule has 0 spiro atoms. The highest BCUT2D eigenvalue weighted by molar-refractivity contribution is 14.1. The third kappa shape index (κ3) is 2.20. The van der Waals surface area contributed by atoms with Crippen molar-refractivity contribution in [1.29, 1.82) is 5.26 Å². The molecule has 15 heavy (non-hydrogen) atoms. The Morgan fingerprint density at radius 1 is 1.67 bits per heavy atom. The highest BCUT2D eigenvalue weighted by Crippen LogP contribution is 2.27. The number of halogens is 3. The maximum absolute atomic E-state index is 12.4. The van der Waals surface area contributed by atoms with Crippen LogP contribution in [0.5, 0.6) is 0 Å². The highest BCUT2D eigenvalue weighted by atomic mass is 127. The Morgan fingerprint density at radius 3 is 2.67 bits per heavy atom. The van der Waals surface area contributed by atoms with Crippen molar-refractivity contribution in [2.75, 3.05) is 0 Å². The van der Waals surface area contributed by atoms with E-state index >= 15 is 0 Å². The molecule has 0 aliphatic heterocycles. The van der Waals surface area contributed by atoms with Gasteiger partial charge >= 0.3 is 5.97 Å². The number of carbonyl (C=O) groups is 1. The topological polar surface area (TPSA) is 74.0 Å². The summed E-state index contributed by atoms with van der Waals surface area (Å²) in [6, 6.07) is 1.56. The van der Waals surface area contributed by atoms with Crippen molar-refractivity contribution in [3.05, 3.63) is 26.6 Å². The Balaban J connectivity index is 3.48. The third-order valence-electron chi connectivity index (χ3n) is 1.59. The normalized spacial score (nSPS) is 10.1. The molecule has 1 aromatic rings. The quantitative estimate of drug-likeness (QED) is 0.847. The average molecular weight is 324 g/mol. The van der Waals surface area contributed by atoms with Crippen molar-refractivity contribution in [3.8, 4) is 6.07 Å². The lowest BCUT2D eigenvalue weighted by atomic mass is 10.1. The van der Waals surface area contributed by atoms with Crippen LogP contribution < -0.4 is 0 Å². The molecule has 0 fully saturated rings. The molecule has 0 aliphatic rings. The molecule has 0 unspecified atom stereocenters. The van der Waals surface area contributed by atoms with Gasteiger partial charge in [-0.2, -0.15) is 5.26 Å². The summed E-state index contributed by atoms with van der Waals surface area (Å²) < 4.78 is 24.7. The number of alkyl halides is 2. The summed E-state index contributed by atoms with van der Waals surface area (Å²) in [5, 5.41) is 17.3. The SMILES string of the molecule is N#Cc1c(C(=O)O)ncc(C(F)F)c1I. The summed E-state index contributed by atoms with van der Waals surface area (Å²) in [5.41, 5.74) is -1.27. The Morgan fingerprint density at radius 2 is 2.27 bits per heavy atom. The van der Waals surface area contributed by atoms with Gasteiger partial charge in [0.1, 0.15) is 6.07 Å². The Hall–Kier alpha value is -1.30. The number of carboxylic acid groups (broad SMARTS) is 1. The Bertz CT molecular complexity index is 457. The molecule has 1 N–H and O–H groups in total. The molecule has 0 bridgehead atoms. The molecular weight excluding hydrogens is 321 g/mol. The molecule has 0 aliphatic carbocycles. The lowest BCUT2D eigenvalue weighted by molar-refractivity contribution is 0.0689. The van der Waals surface area contributed by atoms with Crippen molar-refractivity contribution in [1.82, 2.24) is 4.98 Å². The minimum absolute atomic E-state index is 0.0718. The van der Waals surface area contributed by atoms with Gasteiger partial charge in [0.2, 0.25) is 0 Å². The first-order valence-electron chi connectivity index (χ1n) is 3.59. The van der Waals surface area contributed by atoms with Gasteiger partial charge in [0, 0.05) is 9.77 Å². The summed E-state index contributed by atoms with van der Waals surface area (Å²) in [4.78, 5) is 13.9. The second kappa shape index (κ2) is 4.48. The molecule has 0 saturated heterocycles. The summed E-state index contributed by atoms with van der Waals surface area (Å²) in [6.45, 7) is 0. The highest BCUT2D eigenvalue weighted by Gasteiger charge is 2.21. The summed E-state index contributed by atoms with van der Waals surface area (Å²) in [6.07, 6.45) is -2.00. The average Bonchev–Trinajstić information content (AvgIpc) is 2.16. The van der Waals surface area contributed by atoms with Gasteiger partial charge in [-0.3, -0.25) is 0 Å². The van der Waals surface area contributed by atoms with E-state index < -0.39 is 23.7 Å². The number of rotatable bonds is 2. The third-order valence-corrected chi connectivity index (χ3v) is 2.75. The zero-order valence-electron chi connectivity index (χ0n) is 7.04. The van der Waals surface area contributed by atoms with Crippen LogP contribution in [0.3, 0.4) is 0 Å². The van der Waals surface area contributed by atoms with Crippen molar-refractivity contribution in [3.63, 3.8) is 0 Å². The van der Waals surface area contributed by atoms with Crippen LogP contribution in [0.25, 0.3) is 0 Å². The van der Waals surface area contributed by atoms with Crippen LogP contribution in [0.2, 0.25) is 0 Å². The summed E-state index contributed by atoms with van der Waals surface area (Å²) in [5.74, 6) is -1.41. The maximum atomic E-state index is 12.4. The van der Waals surface area contributed by atoms with Crippen LogP contribution in [0.15, 0.2) is 6.20 Å². The predicted octanol–water partition coefficient (Wildman–Crippen LogP) is 2.19. The van der Waals surface area contributed by atoms with Gasteiger partial charge in [0.15, 0.2) is 5.69 Å². The van der Waals surface area contributed by atoms with E-state index in [1.54, 1.807) is 6.07 Å². The predicted molar refractivity (Wildman–Crippen MR) is 53.6 cm³/mol. The first kappa shape index (κ1) is 11.8. The fourth-order valence-electron chi connectivity index (χ4n) is 0.920. The Labute approximate surface area is 96.7 Å². The number of aromatic nitrogens is 1. The number of carboxylic acids is 1. The number of hydrogen-bond acceptors (Lipinski definition) is 3. The van der Waals surface area contributed by atoms with Gasteiger partial charge in [-0.25, -0.2) is 18.6 Å². The van der Waals surface area contributed by atoms with Crippen molar-refractivity contribution in [2.45, 2.75) is 6.43 Å². The zero-order chi connectivity index (χ0) is 11.6. The van der Waals surface area contributed by atoms with Gasteiger partial charge in [-0.05, 0) is 22.6 Å². The minimum atomic E-state index is -2.78. The monoisotopic (exact) mass is 324 g/mol. The number of nitriles is 1. The van der Waals surface area contributed by atoms with E-state index in [4.69, 9.17) is 10.4 Å². The van der Waals surface area contributed by atoms with Crippen molar-refractivity contribution >= 4 is 28.6 Å². The lowest BCUT2D eigenvalue weighted by Gasteiger charge is -2.05.